The predicted octanol–water partition coefficient (Wildman–Crippen LogP) is 3.61. The molecule has 2 aliphatic heterocycles. The maximum atomic E-state index is 12.0. The number of aliphatic hydroxyl groups is 1. The topological polar surface area (TPSA) is 85.8 Å². The second-order valence-electron chi connectivity index (χ2n) is 11.8. The van der Waals surface area contributed by atoms with E-state index in [1.165, 1.54) is 11.1 Å². The lowest BCUT2D eigenvalue weighted by atomic mass is 9.44. The molecule has 1 unspecified atom stereocenters. The molecule has 4 aliphatic carbocycles. The highest BCUT2D eigenvalue weighted by Crippen LogP contribution is 2.75. The molecule has 6 aliphatic rings. The number of nitrogens with zero attached hydrogens (tertiary/aromatic N) is 1. The van der Waals surface area contributed by atoms with Gasteiger partial charge in [-0.2, -0.15) is 5.10 Å². The SMILES string of the molecule is C[C@@H]1C[C@H]2[C@@H]3CCC4=Cc5[nH]ncc5C[C@]4(C)[C@@]3(Cl)[C@@H](O)C[C@]2(C)[C@]12OCOC21COCO1. The number of hydrogen-bond acceptors (Lipinski definition) is 6. The Hall–Kier alpha value is -0.960. The fourth-order valence-electron chi connectivity index (χ4n) is 9.50. The number of aromatic amines is 1. The molecule has 0 amide bonds. The van der Waals surface area contributed by atoms with Crippen LogP contribution in [0.25, 0.3) is 6.08 Å². The Balaban J connectivity index is 1.35. The molecule has 7 nitrogen and oxygen atoms in total. The Bertz CT molecular complexity index is 1030. The second kappa shape index (κ2) is 6.42. The fourth-order valence-corrected chi connectivity index (χ4v) is 10.0. The zero-order chi connectivity index (χ0) is 22.9. The quantitative estimate of drug-likeness (QED) is 0.556. The Morgan fingerprint density at radius 2 is 2.00 bits per heavy atom. The number of rotatable bonds is 0. The monoisotopic (exact) mass is 476 g/mol. The molecule has 8 heteroatoms. The van der Waals surface area contributed by atoms with Crippen molar-refractivity contribution in [2.75, 3.05) is 20.2 Å². The van der Waals surface area contributed by atoms with Gasteiger partial charge in [0.1, 0.15) is 12.2 Å². The molecule has 3 saturated carbocycles. The number of ether oxygens (including phenoxy) is 4. The van der Waals surface area contributed by atoms with E-state index in [4.69, 9.17) is 30.5 Å². The molecule has 0 aromatic carbocycles. The number of aromatic nitrogens is 2. The number of halogens is 1. The summed E-state index contributed by atoms with van der Waals surface area (Å²) in [5.41, 5.74) is 2.27. The highest BCUT2D eigenvalue weighted by molar-refractivity contribution is 6.25. The number of alkyl halides is 1. The lowest BCUT2D eigenvalue weighted by Crippen LogP contribution is -2.71. The molecule has 3 heterocycles. The maximum Gasteiger partial charge on any atom is 0.227 e. The number of nitrogens with one attached hydrogen (secondary N) is 1. The summed E-state index contributed by atoms with van der Waals surface area (Å²) in [6.45, 7) is 7.55. The molecule has 9 atom stereocenters. The molecule has 180 valence electrons. The van der Waals surface area contributed by atoms with Crippen LogP contribution in [-0.2, 0) is 25.4 Å². The Labute approximate surface area is 199 Å². The first kappa shape index (κ1) is 21.3. The Kier molecular flexibility index (Phi) is 4.15. The summed E-state index contributed by atoms with van der Waals surface area (Å²) in [6, 6.07) is 0. The van der Waals surface area contributed by atoms with Crippen LogP contribution in [0.15, 0.2) is 11.8 Å². The second-order valence-corrected chi connectivity index (χ2v) is 12.4. The number of hydrogen-bond donors (Lipinski definition) is 2. The number of aliphatic hydroxyl groups excluding tert-OH is 1. The van der Waals surface area contributed by atoms with Gasteiger partial charge in [-0.25, -0.2) is 0 Å². The summed E-state index contributed by atoms with van der Waals surface area (Å²) in [5, 5.41) is 19.4. The molecule has 2 N–H and O–H groups in total. The molecule has 0 bridgehead atoms. The van der Waals surface area contributed by atoms with Crippen molar-refractivity contribution < 1.29 is 24.1 Å². The van der Waals surface area contributed by atoms with Crippen LogP contribution in [0.3, 0.4) is 0 Å². The van der Waals surface area contributed by atoms with Crippen LogP contribution in [0.4, 0.5) is 0 Å². The van der Waals surface area contributed by atoms with E-state index in [1.807, 2.05) is 6.20 Å². The summed E-state index contributed by atoms with van der Waals surface area (Å²) >= 11 is 7.75. The number of H-pyrrole nitrogens is 1. The average molecular weight is 477 g/mol. The summed E-state index contributed by atoms with van der Waals surface area (Å²) in [7, 11) is 0. The van der Waals surface area contributed by atoms with Gasteiger partial charge in [0.05, 0.1) is 22.9 Å². The van der Waals surface area contributed by atoms with Crippen molar-refractivity contribution in [3.63, 3.8) is 0 Å². The molecule has 5 fully saturated rings. The first-order chi connectivity index (χ1) is 15.7. The first-order valence-electron chi connectivity index (χ1n) is 12.3. The third-order valence-electron chi connectivity index (χ3n) is 10.8. The molecule has 33 heavy (non-hydrogen) atoms. The fraction of sp³-hybridized carbons (Fsp3) is 0.800. The summed E-state index contributed by atoms with van der Waals surface area (Å²) in [5.74, 6) is -0.268. The van der Waals surface area contributed by atoms with Crippen LogP contribution in [0.5, 0.6) is 0 Å². The average Bonchev–Trinajstić information content (AvgIpc) is 3.54. The van der Waals surface area contributed by atoms with E-state index < -0.39 is 22.4 Å². The molecular weight excluding hydrogens is 444 g/mol. The van der Waals surface area contributed by atoms with Gasteiger partial charge in [-0.15, -0.1) is 11.6 Å². The van der Waals surface area contributed by atoms with Gasteiger partial charge in [-0.1, -0.05) is 26.3 Å². The molecule has 2 spiro atoms. The molecule has 2 saturated heterocycles. The van der Waals surface area contributed by atoms with E-state index in [0.29, 0.717) is 18.9 Å². The zero-order valence-corrected chi connectivity index (χ0v) is 20.3. The number of fused-ring (bicyclic) bond motifs is 8. The highest BCUT2D eigenvalue weighted by Gasteiger charge is 2.81. The van der Waals surface area contributed by atoms with Crippen molar-refractivity contribution >= 4 is 17.7 Å². The van der Waals surface area contributed by atoms with E-state index >= 15 is 0 Å². The van der Waals surface area contributed by atoms with Crippen molar-refractivity contribution in [1.82, 2.24) is 10.2 Å². The number of allylic oxidation sites excluding steroid dienone is 1. The molecule has 1 aromatic heterocycles. The normalized spacial score (nSPS) is 54.8. The van der Waals surface area contributed by atoms with Gasteiger partial charge in [-0.05, 0) is 61.5 Å². The highest BCUT2D eigenvalue weighted by atomic mass is 35.5. The van der Waals surface area contributed by atoms with Gasteiger partial charge in [0.15, 0.2) is 13.6 Å². The van der Waals surface area contributed by atoms with Gasteiger partial charge in [-0.3, -0.25) is 5.10 Å². The van der Waals surface area contributed by atoms with Crippen LogP contribution in [0.2, 0.25) is 0 Å². The van der Waals surface area contributed by atoms with Crippen molar-refractivity contribution in [3.05, 3.63) is 23.0 Å². The molecule has 1 aromatic rings. The maximum absolute atomic E-state index is 12.0. The van der Waals surface area contributed by atoms with Gasteiger partial charge in [0.2, 0.25) is 5.79 Å². The summed E-state index contributed by atoms with van der Waals surface area (Å²) in [4.78, 5) is -0.749. The third kappa shape index (κ3) is 2.16. The third-order valence-corrected chi connectivity index (χ3v) is 11.8. The molecule has 0 radical (unpaired) electrons. The van der Waals surface area contributed by atoms with Gasteiger partial charge < -0.3 is 24.1 Å². The van der Waals surface area contributed by atoms with E-state index in [2.05, 4.69) is 37.0 Å². The largest absolute Gasteiger partial charge is 0.391 e. The summed E-state index contributed by atoms with van der Waals surface area (Å²) < 4.78 is 24.5. The molecular formula is C25H33ClN2O5. The Morgan fingerprint density at radius 3 is 2.79 bits per heavy atom. The van der Waals surface area contributed by atoms with Crippen LogP contribution < -0.4 is 0 Å². The van der Waals surface area contributed by atoms with Crippen LogP contribution in [-0.4, -0.2) is 57.9 Å². The predicted molar refractivity (Wildman–Crippen MR) is 120 cm³/mol. The van der Waals surface area contributed by atoms with Crippen molar-refractivity contribution in [2.45, 2.75) is 75.2 Å². The van der Waals surface area contributed by atoms with Crippen LogP contribution in [0.1, 0.15) is 57.7 Å². The van der Waals surface area contributed by atoms with E-state index in [0.717, 1.165) is 31.4 Å². The van der Waals surface area contributed by atoms with E-state index in [9.17, 15) is 5.11 Å². The first-order valence-corrected chi connectivity index (χ1v) is 12.7. The van der Waals surface area contributed by atoms with E-state index in [-0.39, 0.29) is 36.3 Å². The van der Waals surface area contributed by atoms with Crippen molar-refractivity contribution in [1.29, 1.82) is 0 Å². The zero-order valence-electron chi connectivity index (χ0n) is 19.5. The van der Waals surface area contributed by atoms with Gasteiger partial charge in [0.25, 0.3) is 0 Å². The smallest absolute Gasteiger partial charge is 0.227 e. The molecule has 7 rings (SSSR count). The van der Waals surface area contributed by atoms with Crippen LogP contribution in [0, 0.1) is 28.6 Å². The minimum absolute atomic E-state index is 0.161. The van der Waals surface area contributed by atoms with Gasteiger partial charge >= 0.3 is 0 Å². The lowest BCUT2D eigenvalue weighted by molar-refractivity contribution is -0.264. The summed E-state index contributed by atoms with van der Waals surface area (Å²) in [6.07, 6.45) is 7.73. The minimum atomic E-state index is -0.915. The van der Waals surface area contributed by atoms with E-state index in [1.54, 1.807) is 0 Å². The standard InChI is InChI=1S/C25H33ClN2O5/c1-14-6-18-17-5-4-16-7-19-15(10-27-28-19)8-21(16,2)24(17,26)20(29)9-22(18,3)25(14)23(32-13-33-25)11-30-12-31-23/h7,10,14,17-18,20,29H,4-6,8-9,11-13H2,1-3H3,(H,27,28)/t14-,17+,18+,20+,21+,22+,23?,24+,25-/m1/s1. The van der Waals surface area contributed by atoms with Gasteiger partial charge in [0, 0.05) is 10.8 Å². The van der Waals surface area contributed by atoms with Crippen molar-refractivity contribution in [2.24, 2.45) is 28.6 Å². The van der Waals surface area contributed by atoms with Crippen LogP contribution >= 0.6 is 11.6 Å². The lowest BCUT2D eigenvalue weighted by Gasteiger charge is -2.65. The Morgan fingerprint density at radius 1 is 1.18 bits per heavy atom. The van der Waals surface area contributed by atoms with Crippen molar-refractivity contribution in [3.8, 4) is 0 Å². The minimum Gasteiger partial charge on any atom is -0.391 e.